The van der Waals surface area contributed by atoms with E-state index >= 15 is 0 Å². The third-order valence-corrected chi connectivity index (χ3v) is 2.40. The molecule has 4 nitrogen and oxygen atoms in total. The van der Waals surface area contributed by atoms with Crippen LogP contribution >= 0.6 is 0 Å². The van der Waals surface area contributed by atoms with Gasteiger partial charge >= 0.3 is 5.97 Å². The van der Waals surface area contributed by atoms with Crippen molar-refractivity contribution in [3.05, 3.63) is 54.1 Å². The molecule has 0 atom stereocenters. The van der Waals surface area contributed by atoms with E-state index in [1.807, 2.05) is 0 Å². The van der Waals surface area contributed by atoms with Crippen molar-refractivity contribution < 1.29 is 19.4 Å². The number of carbonyl (C=O) groups is 1. The Morgan fingerprint density at radius 3 is 2.47 bits per heavy atom. The minimum atomic E-state index is -0.385. The number of hydrogen-bond acceptors (Lipinski definition) is 4. The summed E-state index contributed by atoms with van der Waals surface area (Å²) >= 11 is 0. The van der Waals surface area contributed by atoms with E-state index in [-0.39, 0.29) is 11.7 Å². The summed E-state index contributed by atoms with van der Waals surface area (Å²) < 4.78 is 10.5. The summed E-state index contributed by atoms with van der Waals surface area (Å²) in [6.07, 6.45) is 0. The summed E-state index contributed by atoms with van der Waals surface area (Å²) in [5.41, 5.74) is 0.430. The lowest BCUT2D eigenvalue weighted by Crippen LogP contribution is -2.04. The Balaban J connectivity index is 2.17. The van der Waals surface area contributed by atoms with Crippen molar-refractivity contribution in [1.82, 2.24) is 0 Å². The smallest absolute Gasteiger partial charge is 0.338 e. The largest absolute Gasteiger partial charge is 0.508 e. The number of phenols is 1. The van der Waals surface area contributed by atoms with Crippen LogP contribution < -0.4 is 4.74 Å². The second-order valence-corrected chi connectivity index (χ2v) is 3.85. The lowest BCUT2D eigenvalue weighted by atomic mass is 10.2. The highest BCUT2D eigenvalue weighted by molar-refractivity contribution is 5.89. The zero-order valence-electron chi connectivity index (χ0n) is 10.5. The van der Waals surface area contributed by atoms with Gasteiger partial charge in [0.2, 0.25) is 0 Å². The van der Waals surface area contributed by atoms with Crippen molar-refractivity contribution in [3.8, 4) is 17.2 Å². The molecule has 2 rings (SSSR count). The Bertz CT molecular complexity index is 578. The Morgan fingerprint density at radius 1 is 1.11 bits per heavy atom. The molecule has 4 heteroatoms. The molecule has 19 heavy (non-hydrogen) atoms. The van der Waals surface area contributed by atoms with Gasteiger partial charge in [0.05, 0.1) is 12.2 Å². The zero-order valence-corrected chi connectivity index (χ0v) is 10.5. The van der Waals surface area contributed by atoms with Gasteiger partial charge in [0.25, 0.3) is 0 Å². The van der Waals surface area contributed by atoms with E-state index in [1.54, 1.807) is 49.4 Å². The SMILES string of the molecule is CCOC(=O)c1cccc(Oc2cccc(O)c2)c1. The van der Waals surface area contributed by atoms with E-state index in [1.165, 1.54) is 6.07 Å². The van der Waals surface area contributed by atoms with E-state index in [9.17, 15) is 9.90 Å². The lowest BCUT2D eigenvalue weighted by Gasteiger charge is -2.07. The number of aromatic hydroxyl groups is 1. The monoisotopic (exact) mass is 258 g/mol. The highest BCUT2D eigenvalue weighted by Crippen LogP contribution is 2.25. The molecular formula is C15H14O4. The number of ether oxygens (including phenoxy) is 2. The van der Waals surface area contributed by atoms with Crippen molar-refractivity contribution in [3.63, 3.8) is 0 Å². The average molecular weight is 258 g/mol. The van der Waals surface area contributed by atoms with Crippen molar-refractivity contribution in [2.75, 3.05) is 6.61 Å². The summed E-state index contributed by atoms with van der Waals surface area (Å²) in [6, 6.07) is 13.2. The van der Waals surface area contributed by atoms with Crippen LogP contribution in [0.2, 0.25) is 0 Å². The molecule has 2 aromatic rings. The molecule has 0 bridgehead atoms. The van der Waals surface area contributed by atoms with Gasteiger partial charge in [-0.25, -0.2) is 4.79 Å². The predicted molar refractivity (Wildman–Crippen MR) is 70.6 cm³/mol. The van der Waals surface area contributed by atoms with Gasteiger partial charge in [0, 0.05) is 6.07 Å². The average Bonchev–Trinajstić information content (AvgIpc) is 2.39. The van der Waals surface area contributed by atoms with Crippen LogP contribution in [0.15, 0.2) is 48.5 Å². The van der Waals surface area contributed by atoms with Crippen LogP contribution in [-0.4, -0.2) is 17.7 Å². The lowest BCUT2D eigenvalue weighted by molar-refractivity contribution is 0.0526. The fourth-order valence-electron chi connectivity index (χ4n) is 1.58. The van der Waals surface area contributed by atoms with Crippen LogP contribution in [0.25, 0.3) is 0 Å². The molecule has 0 fully saturated rings. The molecule has 0 spiro atoms. The first-order chi connectivity index (χ1) is 9.19. The van der Waals surface area contributed by atoms with E-state index in [0.29, 0.717) is 23.7 Å². The van der Waals surface area contributed by atoms with Crippen LogP contribution in [0.4, 0.5) is 0 Å². The van der Waals surface area contributed by atoms with Crippen LogP contribution in [0.5, 0.6) is 17.2 Å². The number of rotatable bonds is 4. The van der Waals surface area contributed by atoms with E-state index in [0.717, 1.165) is 0 Å². The molecule has 2 aromatic carbocycles. The van der Waals surface area contributed by atoms with Gasteiger partial charge in [-0.05, 0) is 37.3 Å². The van der Waals surface area contributed by atoms with E-state index < -0.39 is 0 Å². The van der Waals surface area contributed by atoms with Gasteiger partial charge in [-0.3, -0.25) is 0 Å². The van der Waals surface area contributed by atoms with Crippen molar-refractivity contribution >= 4 is 5.97 Å². The Morgan fingerprint density at radius 2 is 1.79 bits per heavy atom. The van der Waals surface area contributed by atoms with Gasteiger partial charge in [0.1, 0.15) is 17.2 Å². The van der Waals surface area contributed by atoms with Gasteiger partial charge in [0.15, 0.2) is 0 Å². The summed E-state index contributed by atoms with van der Waals surface area (Å²) in [5.74, 6) is 0.750. The van der Waals surface area contributed by atoms with Crippen molar-refractivity contribution in [2.24, 2.45) is 0 Å². The molecule has 0 heterocycles. The molecule has 0 aromatic heterocycles. The van der Waals surface area contributed by atoms with Gasteiger partial charge in [-0.1, -0.05) is 12.1 Å². The first kappa shape index (κ1) is 13.0. The standard InChI is InChI=1S/C15H14O4/c1-2-18-15(17)11-5-3-7-13(9-11)19-14-8-4-6-12(16)10-14/h3-10,16H,2H2,1H3. The number of benzene rings is 2. The number of carbonyl (C=O) groups excluding carboxylic acids is 1. The molecule has 1 N–H and O–H groups in total. The minimum Gasteiger partial charge on any atom is -0.508 e. The molecule has 98 valence electrons. The Kier molecular flexibility index (Phi) is 4.03. The number of esters is 1. The molecule has 0 aliphatic heterocycles. The Hall–Kier alpha value is -2.49. The molecule has 0 radical (unpaired) electrons. The molecule has 0 saturated heterocycles. The van der Waals surface area contributed by atoms with Crippen molar-refractivity contribution in [1.29, 1.82) is 0 Å². The third-order valence-electron chi connectivity index (χ3n) is 2.40. The second kappa shape index (κ2) is 5.91. The maximum atomic E-state index is 11.6. The highest BCUT2D eigenvalue weighted by Gasteiger charge is 2.07. The topological polar surface area (TPSA) is 55.8 Å². The zero-order chi connectivity index (χ0) is 13.7. The van der Waals surface area contributed by atoms with E-state index in [2.05, 4.69) is 0 Å². The summed E-state index contributed by atoms with van der Waals surface area (Å²) in [5, 5.41) is 9.35. The normalized spacial score (nSPS) is 9.95. The van der Waals surface area contributed by atoms with Crippen molar-refractivity contribution in [2.45, 2.75) is 6.92 Å². The Labute approximate surface area is 111 Å². The third kappa shape index (κ3) is 3.48. The quantitative estimate of drug-likeness (QED) is 0.854. The van der Waals surface area contributed by atoms with Crippen LogP contribution in [0, 0.1) is 0 Å². The minimum absolute atomic E-state index is 0.124. The first-order valence-corrected chi connectivity index (χ1v) is 5.93. The van der Waals surface area contributed by atoms with E-state index in [4.69, 9.17) is 9.47 Å². The molecule has 0 amide bonds. The summed E-state index contributed by atoms with van der Waals surface area (Å²) in [7, 11) is 0. The van der Waals surface area contributed by atoms with Crippen LogP contribution in [0.3, 0.4) is 0 Å². The molecule has 0 unspecified atom stereocenters. The maximum Gasteiger partial charge on any atom is 0.338 e. The molecule has 0 aliphatic rings. The predicted octanol–water partition coefficient (Wildman–Crippen LogP) is 3.36. The molecule has 0 saturated carbocycles. The van der Waals surface area contributed by atoms with Gasteiger partial charge < -0.3 is 14.6 Å². The highest BCUT2D eigenvalue weighted by atomic mass is 16.5. The van der Waals surface area contributed by atoms with Gasteiger partial charge in [-0.2, -0.15) is 0 Å². The molecule has 0 aliphatic carbocycles. The van der Waals surface area contributed by atoms with Crippen LogP contribution in [-0.2, 0) is 4.74 Å². The van der Waals surface area contributed by atoms with Gasteiger partial charge in [-0.15, -0.1) is 0 Å². The number of hydrogen-bond donors (Lipinski definition) is 1. The second-order valence-electron chi connectivity index (χ2n) is 3.85. The fraction of sp³-hybridized carbons (Fsp3) is 0.133. The molecular weight excluding hydrogens is 244 g/mol. The van der Waals surface area contributed by atoms with Crippen LogP contribution in [0.1, 0.15) is 17.3 Å². The fourth-order valence-corrected chi connectivity index (χ4v) is 1.58. The first-order valence-electron chi connectivity index (χ1n) is 5.93. The maximum absolute atomic E-state index is 11.6. The summed E-state index contributed by atoms with van der Waals surface area (Å²) in [6.45, 7) is 2.08. The summed E-state index contributed by atoms with van der Waals surface area (Å²) in [4.78, 5) is 11.6. The number of phenolic OH excluding ortho intramolecular Hbond substituents is 1.